The maximum atomic E-state index is 8.87. The number of anilines is 2. The fourth-order valence-corrected chi connectivity index (χ4v) is 2.83. The lowest BCUT2D eigenvalue weighted by atomic mass is 10.0. The summed E-state index contributed by atoms with van der Waals surface area (Å²) in [5.74, 6) is 0. The molecule has 1 fully saturated rings. The Hall–Kier alpha value is -1.69. The summed E-state index contributed by atoms with van der Waals surface area (Å²) in [6, 6.07) is 8.48. The lowest BCUT2D eigenvalue weighted by Crippen LogP contribution is -2.28. The van der Waals surface area contributed by atoms with Gasteiger partial charge >= 0.3 is 0 Å². The summed E-state index contributed by atoms with van der Waals surface area (Å²) < 4.78 is 0. The van der Waals surface area contributed by atoms with Crippen LogP contribution < -0.4 is 10.6 Å². The summed E-state index contributed by atoms with van der Waals surface area (Å²) in [6.07, 6.45) is 4.15. The molecule has 3 heteroatoms. The zero-order valence-electron chi connectivity index (χ0n) is 9.95. The number of fused-ring (bicyclic) bond motifs is 1. The minimum absolute atomic E-state index is 0.279. The van der Waals surface area contributed by atoms with Crippen LogP contribution >= 0.6 is 0 Å². The molecule has 1 aliphatic heterocycles. The van der Waals surface area contributed by atoms with Crippen molar-refractivity contribution in [3.8, 4) is 6.07 Å². The zero-order valence-corrected chi connectivity index (χ0v) is 9.95. The van der Waals surface area contributed by atoms with Crippen LogP contribution in [0.3, 0.4) is 0 Å². The van der Waals surface area contributed by atoms with Crippen LogP contribution in [0.1, 0.15) is 24.8 Å². The van der Waals surface area contributed by atoms with Gasteiger partial charge in [-0.2, -0.15) is 5.26 Å². The summed E-state index contributed by atoms with van der Waals surface area (Å²) >= 11 is 0. The second kappa shape index (κ2) is 3.66. The Morgan fingerprint density at radius 1 is 1.41 bits per heavy atom. The maximum Gasteiger partial charge on any atom is 0.0628 e. The largest absolute Gasteiger partial charge is 0.398 e. The van der Waals surface area contributed by atoms with Gasteiger partial charge in [-0.3, -0.25) is 0 Å². The third-order valence-corrected chi connectivity index (χ3v) is 4.10. The van der Waals surface area contributed by atoms with Gasteiger partial charge in [-0.25, -0.2) is 0 Å². The van der Waals surface area contributed by atoms with Crippen molar-refractivity contribution in [3.05, 3.63) is 23.8 Å². The van der Waals surface area contributed by atoms with E-state index in [0.717, 1.165) is 25.2 Å². The first-order valence-electron chi connectivity index (χ1n) is 6.23. The van der Waals surface area contributed by atoms with Crippen LogP contribution in [0, 0.1) is 16.7 Å². The molecule has 1 aromatic carbocycles. The topological polar surface area (TPSA) is 53.0 Å². The Labute approximate surface area is 102 Å². The van der Waals surface area contributed by atoms with Gasteiger partial charge in [0, 0.05) is 41.9 Å². The SMILES string of the molecule is N#CCC1(CN2CCc3c(N)cccc32)CC1. The summed E-state index contributed by atoms with van der Waals surface area (Å²) in [5, 5.41) is 8.87. The minimum atomic E-state index is 0.279. The third-order valence-electron chi connectivity index (χ3n) is 4.10. The fourth-order valence-electron chi connectivity index (χ4n) is 2.83. The molecule has 1 saturated carbocycles. The van der Waals surface area contributed by atoms with Crippen LogP contribution in [-0.4, -0.2) is 13.1 Å². The van der Waals surface area contributed by atoms with Crippen molar-refractivity contribution in [2.45, 2.75) is 25.7 Å². The Balaban J connectivity index is 1.81. The smallest absolute Gasteiger partial charge is 0.0628 e. The first-order valence-corrected chi connectivity index (χ1v) is 6.23. The maximum absolute atomic E-state index is 8.87. The van der Waals surface area contributed by atoms with Gasteiger partial charge in [0.2, 0.25) is 0 Å². The number of benzene rings is 1. The molecule has 0 saturated heterocycles. The summed E-state index contributed by atoms with van der Waals surface area (Å²) in [4.78, 5) is 2.41. The standard InChI is InChI=1S/C14H17N3/c15-8-7-14(5-6-14)10-17-9-4-11-12(16)2-1-3-13(11)17/h1-3H,4-7,9-10,16H2. The van der Waals surface area contributed by atoms with E-state index in [-0.39, 0.29) is 5.41 Å². The molecule has 0 amide bonds. The van der Waals surface area contributed by atoms with Crippen molar-refractivity contribution in [1.82, 2.24) is 0 Å². The predicted octanol–water partition coefficient (Wildman–Crippen LogP) is 2.33. The molecule has 0 bridgehead atoms. The molecule has 0 spiro atoms. The molecule has 2 N–H and O–H groups in total. The number of hydrogen-bond donors (Lipinski definition) is 1. The second-order valence-electron chi connectivity index (χ2n) is 5.35. The summed E-state index contributed by atoms with van der Waals surface area (Å²) in [7, 11) is 0. The molecular formula is C14H17N3. The molecule has 0 unspecified atom stereocenters. The molecule has 1 aromatic rings. The van der Waals surface area contributed by atoms with Crippen LogP contribution in [0.4, 0.5) is 11.4 Å². The van der Waals surface area contributed by atoms with Crippen molar-refractivity contribution >= 4 is 11.4 Å². The van der Waals surface area contributed by atoms with Gasteiger partial charge in [0.05, 0.1) is 6.07 Å². The van der Waals surface area contributed by atoms with Crippen LogP contribution in [0.5, 0.6) is 0 Å². The van der Waals surface area contributed by atoms with E-state index in [4.69, 9.17) is 11.0 Å². The van der Waals surface area contributed by atoms with Crippen LogP contribution in [0.2, 0.25) is 0 Å². The van der Waals surface area contributed by atoms with Crippen molar-refractivity contribution in [1.29, 1.82) is 5.26 Å². The van der Waals surface area contributed by atoms with E-state index < -0.39 is 0 Å². The van der Waals surface area contributed by atoms with E-state index in [9.17, 15) is 0 Å². The van der Waals surface area contributed by atoms with Gasteiger partial charge in [-0.05, 0) is 31.4 Å². The van der Waals surface area contributed by atoms with Gasteiger partial charge in [0.25, 0.3) is 0 Å². The van der Waals surface area contributed by atoms with Gasteiger partial charge in [-0.15, -0.1) is 0 Å². The van der Waals surface area contributed by atoms with Gasteiger partial charge in [0.15, 0.2) is 0 Å². The normalized spacial score (nSPS) is 19.8. The average Bonchev–Trinajstić information content (AvgIpc) is 2.93. The van der Waals surface area contributed by atoms with E-state index in [2.05, 4.69) is 17.0 Å². The molecule has 1 aliphatic carbocycles. The van der Waals surface area contributed by atoms with Crippen LogP contribution in [0.15, 0.2) is 18.2 Å². The molecule has 0 atom stereocenters. The van der Waals surface area contributed by atoms with E-state index in [1.54, 1.807) is 0 Å². The Morgan fingerprint density at radius 3 is 2.94 bits per heavy atom. The average molecular weight is 227 g/mol. The van der Waals surface area contributed by atoms with E-state index in [0.29, 0.717) is 6.42 Å². The highest BCUT2D eigenvalue weighted by Crippen LogP contribution is 2.50. The second-order valence-corrected chi connectivity index (χ2v) is 5.35. The van der Waals surface area contributed by atoms with Gasteiger partial charge < -0.3 is 10.6 Å². The summed E-state index contributed by atoms with van der Waals surface area (Å²) in [5.41, 5.74) is 9.76. The van der Waals surface area contributed by atoms with Crippen LogP contribution in [0.25, 0.3) is 0 Å². The summed E-state index contributed by atoms with van der Waals surface area (Å²) in [6.45, 7) is 2.08. The number of nitrogen functional groups attached to an aromatic ring is 1. The predicted molar refractivity (Wildman–Crippen MR) is 68.7 cm³/mol. The van der Waals surface area contributed by atoms with Crippen molar-refractivity contribution in [2.24, 2.45) is 5.41 Å². The number of nitrogens with two attached hydrogens (primary N) is 1. The monoisotopic (exact) mass is 227 g/mol. The Morgan fingerprint density at radius 2 is 2.24 bits per heavy atom. The third kappa shape index (κ3) is 1.74. The van der Waals surface area contributed by atoms with E-state index >= 15 is 0 Å². The van der Waals surface area contributed by atoms with Gasteiger partial charge in [-0.1, -0.05) is 6.07 Å². The van der Waals surface area contributed by atoms with Crippen molar-refractivity contribution in [2.75, 3.05) is 23.7 Å². The highest BCUT2D eigenvalue weighted by Gasteiger charge is 2.44. The molecular weight excluding hydrogens is 210 g/mol. The lowest BCUT2D eigenvalue weighted by Gasteiger charge is -2.24. The molecule has 88 valence electrons. The number of rotatable bonds is 3. The highest BCUT2D eigenvalue weighted by atomic mass is 15.2. The molecule has 3 nitrogen and oxygen atoms in total. The van der Waals surface area contributed by atoms with E-state index in [1.165, 1.54) is 24.1 Å². The molecule has 0 aromatic heterocycles. The van der Waals surface area contributed by atoms with Gasteiger partial charge in [0.1, 0.15) is 0 Å². The minimum Gasteiger partial charge on any atom is -0.398 e. The van der Waals surface area contributed by atoms with Crippen molar-refractivity contribution < 1.29 is 0 Å². The lowest BCUT2D eigenvalue weighted by molar-refractivity contribution is 0.515. The molecule has 17 heavy (non-hydrogen) atoms. The molecule has 3 rings (SSSR count). The van der Waals surface area contributed by atoms with Crippen molar-refractivity contribution in [3.63, 3.8) is 0 Å². The highest BCUT2D eigenvalue weighted by molar-refractivity contribution is 5.68. The first-order chi connectivity index (χ1) is 8.24. The van der Waals surface area contributed by atoms with Crippen LogP contribution in [-0.2, 0) is 6.42 Å². The molecule has 0 radical (unpaired) electrons. The quantitative estimate of drug-likeness (QED) is 0.806. The number of hydrogen-bond acceptors (Lipinski definition) is 3. The Bertz CT molecular complexity index is 483. The Kier molecular flexibility index (Phi) is 2.25. The zero-order chi connectivity index (χ0) is 11.9. The number of nitriles is 1. The van der Waals surface area contributed by atoms with E-state index in [1.807, 2.05) is 12.1 Å². The molecule has 1 heterocycles. The molecule has 2 aliphatic rings. The number of nitrogens with zero attached hydrogens (tertiary/aromatic N) is 2. The first kappa shape index (κ1) is 10.5. The fraction of sp³-hybridized carbons (Fsp3) is 0.500.